The highest BCUT2D eigenvalue weighted by Gasteiger charge is 2.23. The fourth-order valence-corrected chi connectivity index (χ4v) is 1.76. The summed E-state index contributed by atoms with van der Waals surface area (Å²) in [4.78, 5) is 13.5. The lowest BCUT2D eigenvalue weighted by atomic mass is 10.1. The second kappa shape index (κ2) is 5.32. The number of carbonyl (C=O) groups is 1. The molecule has 0 spiro atoms. The Labute approximate surface area is 85.4 Å². The number of rotatable bonds is 3. The zero-order chi connectivity index (χ0) is 10.6. The van der Waals surface area contributed by atoms with Crippen LogP contribution < -0.4 is 5.73 Å². The van der Waals surface area contributed by atoms with Gasteiger partial charge >= 0.3 is 0 Å². The van der Waals surface area contributed by atoms with E-state index in [0.717, 1.165) is 25.9 Å². The molecule has 2 atom stereocenters. The zero-order valence-electron chi connectivity index (χ0n) is 9.03. The van der Waals surface area contributed by atoms with Crippen LogP contribution in [0.15, 0.2) is 0 Å². The minimum atomic E-state index is -0.0505. The Hall–Kier alpha value is -0.610. The van der Waals surface area contributed by atoms with E-state index < -0.39 is 0 Å². The Morgan fingerprint density at radius 1 is 1.71 bits per heavy atom. The van der Waals surface area contributed by atoms with Crippen molar-refractivity contribution in [2.45, 2.75) is 38.3 Å². The first kappa shape index (κ1) is 11.5. The van der Waals surface area contributed by atoms with Gasteiger partial charge in [0.05, 0.1) is 6.10 Å². The second-order valence-electron chi connectivity index (χ2n) is 4.02. The van der Waals surface area contributed by atoms with Gasteiger partial charge in [0.15, 0.2) is 0 Å². The third-order valence-electron chi connectivity index (χ3n) is 2.56. The molecule has 82 valence electrons. The second-order valence-corrected chi connectivity index (χ2v) is 4.02. The van der Waals surface area contributed by atoms with E-state index in [9.17, 15) is 4.79 Å². The summed E-state index contributed by atoms with van der Waals surface area (Å²) in [5, 5.41) is 0. The molecule has 2 N–H and O–H groups in total. The number of methoxy groups -OCH3 is 1. The maximum Gasteiger partial charge on any atom is 0.224 e. The van der Waals surface area contributed by atoms with Crippen LogP contribution >= 0.6 is 0 Å². The summed E-state index contributed by atoms with van der Waals surface area (Å²) in [5.74, 6) is 0.154. The number of hydrogen-bond acceptors (Lipinski definition) is 3. The number of likely N-dealkylation sites (tertiary alicyclic amines) is 1. The fourth-order valence-electron chi connectivity index (χ4n) is 1.76. The quantitative estimate of drug-likeness (QED) is 0.715. The van der Waals surface area contributed by atoms with Crippen LogP contribution in [0.5, 0.6) is 0 Å². The minimum Gasteiger partial charge on any atom is -0.380 e. The van der Waals surface area contributed by atoms with Crippen LogP contribution in [0.2, 0.25) is 0 Å². The topological polar surface area (TPSA) is 55.6 Å². The van der Waals surface area contributed by atoms with Crippen molar-refractivity contribution in [3.63, 3.8) is 0 Å². The predicted octanol–water partition coefficient (Wildman–Crippen LogP) is 0.361. The average Bonchev–Trinajstić information content (AvgIpc) is 2.17. The van der Waals surface area contributed by atoms with Crippen molar-refractivity contribution in [3.8, 4) is 0 Å². The molecule has 2 unspecified atom stereocenters. The fraction of sp³-hybridized carbons (Fsp3) is 0.900. The summed E-state index contributed by atoms with van der Waals surface area (Å²) >= 11 is 0. The van der Waals surface area contributed by atoms with E-state index in [-0.39, 0.29) is 18.1 Å². The zero-order valence-corrected chi connectivity index (χ0v) is 9.03. The molecule has 4 heteroatoms. The van der Waals surface area contributed by atoms with Crippen molar-refractivity contribution in [2.24, 2.45) is 5.73 Å². The first-order chi connectivity index (χ1) is 6.63. The summed E-state index contributed by atoms with van der Waals surface area (Å²) in [6.07, 6.45) is 2.73. The molecule has 0 aromatic carbocycles. The van der Waals surface area contributed by atoms with Crippen molar-refractivity contribution >= 4 is 5.91 Å². The molecule has 1 rings (SSSR count). The number of nitrogens with zero attached hydrogens (tertiary/aromatic N) is 1. The number of nitrogens with two attached hydrogens (primary N) is 1. The van der Waals surface area contributed by atoms with Crippen LogP contribution in [0.4, 0.5) is 0 Å². The third-order valence-corrected chi connectivity index (χ3v) is 2.56. The average molecular weight is 200 g/mol. The molecule has 1 fully saturated rings. The number of piperidine rings is 1. The lowest BCUT2D eigenvalue weighted by Gasteiger charge is -2.32. The summed E-state index contributed by atoms with van der Waals surface area (Å²) < 4.78 is 5.25. The molecule has 1 aliphatic heterocycles. The lowest BCUT2D eigenvalue weighted by Crippen LogP contribution is -2.44. The van der Waals surface area contributed by atoms with E-state index in [2.05, 4.69) is 0 Å². The van der Waals surface area contributed by atoms with E-state index >= 15 is 0 Å². The Morgan fingerprint density at radius 3 is 3.00 bits per heavy atom. The molecule has 0 radical (unpaired) electrons. The van der Waals surface area contributed by atoms with Crippen LogP contribution in [0.3, 0.4) is 0 Å². The maximum absolute atomic E-state index is 11.7. The van der Waals surface area contributed by atoms with Crippen LogP contribution in [-0.2, 0) is 9.53 Å². The first-order valence-electron chi connectivity index (χ1n) is 5.19. The lowest BCUT2D eigenvalue weighted by molar-refractivity contribution is -0.135. The van der Waals surface area contributed by atoms with E-state index in [1.165, 1.54) is 0 Å². The van der Waals surface area contributed by atoms with E-state index in [1.807, 2.05) is 11.8 Å². The van der Waals surface area contributed by atoms with Crippen molar-refractivity contribution in [2.75, 3.05) is 20.2 Å². The Balaban J connectivity index is 2.39. The normalized spacial score (nSPS) is 24.8. The molecule has 14 heavy (non-hydrogen) atoms. The molecule has 4 nitrogen and oxygen atoms in total. The summed E-state index contributed by atoms with van der Waals surface area (Å²) in [6.45, 7) is 3.43. The maximum atomic E-state index is 11.7. The highest BCUT2D eigenvalue weighted by molar-refractivity contribution is 5.76. The number of hydrogen-bond donors (Lipinski definition) is 1. The number of amides is 1. The van der Waals surface area contributed by atoms with Crippen molar-refractivity contribution in [1.29, 1.82) is 0 Å². The molecule has 1 heterocycles. The molecule has 0 aliphatic carbocycles. The van der Waals surface area contributed by atoms with Gasteiger partial charge in [-0.1, -0.05) is 0 Å². The van der Waals surface area contributed by atoms with Gasteiger partial charge in [0.2, 0.25) is 5.91 Å². The molecule has 1 amide bonds. The molecule has 0 saturated carbocycles. The minimum absolute atomic E-state index is 0.0505. The summed E-state index contributed by atoms with van der Waals surface area (Å²) in [5.41, 5.74) is 5.59. The number of ether oxygens (including phenoxy) is 1. The molecule has 1 aliphatic rings. The summed E-state index contributed by atoms with van der Waals surface area (Å²) in [6, 6.07) is -0.0505. The van der Waals surface area contributed by atoms with Gasteiger partial charge in [0.25, 0.3) is 0 Å². The van der Waals surface area contributed by atoms with Gasteiger partial charge in [0, 0.05) is 32.7 Å². The van der Waals surface area contributed by atoms with Crippen LogP contribution in [0.1, 0.15) is 26.2 Å². The van der Waals surface area contributed by atoms with E-state index in [0.29, 0.717) is 6.42 Å². The first-order valence-corrected chi connectivity index (χ1v) is 5.19. The van der Waals surface area contributed by atoms with Gasteiger partial charge in [-0.05, 0) is 19.8 Å². The molecule has 0 aromatic heterocycles. The van der Waals surface area contributed by atoms with Crippen LogP contribution in [0.25, 0.3) is 0 Å². The SMILES string of the molecule is COC1CCCN(C(=O)CC(C)N)C1. The standard InChI is InChI=1S/C10H20N2O2/c1-8(11)6-10(13)12-5-3-4-9(7-12)14-2/h8-9H,3-7,11H2,1-2H3. The van der Waals surface area contributed by atoms with Gasteiger partial charge in [-0.2, -0.15) is 0 Å². The Bertz CT molecular complexity index is 195. The Kier molecular flexibility index (Phi) is 4.35. The van der Waals surface area contributed by atoms with Gasteiger partial charge in [-0.3, -0.25) is 4.79 Å². The molecule has 0 bridgehead atoms. The smallest absolute Gasteiger partial charge is 0.224 e. The largest absolute Gasteiger partial charge is 0.380 e. The third kappa shape index (κ3) is 3.27. The van der Waals surface area contributed by atoms with E-state index in [4.69, 9.17) is 10.5 Å². The Morgan fingerprint density at radius 2 is 2.43 bits per heavy atom. The molecule has 1 saturated heterocycles. The van der Waals surface area contributed by atoms with Crippen molar-refractivity contribution in [1.82, 2.24) is 4.90 Å². The molecule has 0 aromatic rings. The predicted molar refractivity (Wildman–Crippen MR) is 54.9 cm³/mol. The highest BCUT2D eigenvalue weighted by atomic mass is 16.5. The van der Waals surface area contributed by atoms with Crippen LogP contribution in [0, 0.1) is 0 Å². The number of carbonyl (C=O) groups excluding carboxylic acids is 1. The van der Waals surface area contributed by atoms with Gasteiger partial charge in [-0.25, -0.2) is 0 Å². The van der Waals surface area contributed by atoms with Crippen molar-refractivity contribution < 1.29 is 9.53 Å². The molecular weight excluding hydrogens is 180 g/mol. The summed E-state index contributed by atoms with van der Waals surface area (Å²) in [7, 11) is 1.70. The highest BCUT2D eigenvalue weighted by Crippen LogP contribution is 2.13. The van der Waals surface area contributed by atoms with E-state index in [1.54, 1.807) is 7.11 Å². The van der Waals surface area contributed by atoms with Gasteiger partial charge in [-0.15, -0.1) is 0 Å². The monoisotopic (exact) mass is 200 g/mol. The van der Waals surface area contributed by atoms with Crippen LogP contribution in [-0.4, -0.2) is 43.2 Å². The molecular formula is C10H20N2O2. The van der Waals surface area contributed by atoms with Gasteiger partial charge in [0.1, 0.15) is 0 Å². The van der Waals surface area contributed by atoms with Crippen molar-refractivity contribution in [3.05, 3.63) is 0 Å². The van der Waals surface area contributed by atoms with Gasteiger partial charge < -0.3 is 15.4 Å².